The van der Waals surface area contributed by atoms with Crippen molar-refractivity contribution in [3.05, 3.63) is 74.1 Å². The third-order valence-electron chi connectivity index (χ3n) is 3.50. The van der Waals surface area contributed by atoms with Crippen molar-refractivity contribution in [3.8, 4) is 17.4 Å². The van der Waals surface area contributed by atoms with Gasteiger partial charge in [-0.1, -0.05) is 35.3 Å². The number of thiophene rings is 1. The van der Waals surface area contributed by atoms with Crippen LogP contribution in [0.1, 0.15) is 10.6 Å². The van der Waals surface area contributed by atoms with E-state index in [0.29, 0.717) is 33.7 Å². The summed E-state index contributed by atoms with van der Waals surface area (Å²) >= 11 is 13.7. The van der Waals surface area contributed by atoms with Crippen LogP contribution in [0.4, 0.5) is 0 Å². The Balaban J connectivity index is 1.78. The van der Waals surface area contributed by atoms with Crippen LogP contribution in [0, 0.1) is 11.3 Å². The van der Waals surface area contributed by atoms with Gasteiger partial charge >= 0.3 is 0 Å². The Hall–Kier alpha value is -2.52. The van der Waals surface area contributed by atoms with Crippen LogP contribution >= 0.6 is 34.5 Å². The minimum atomic E-state index is -0.459. The van der Waals surface area contributed by atoms with Gasteiger partial charge in [-0.2, -0.15) is 5.26 Å². The Bertz CT molecular complexity index is 1000. The second-order valence-corrected chi connectivity index (χ2v) is 7.05. The fraction of sp³-hybridized carbons (Fsp3) is 0.0526. The molecule has 3 rings (SSSR count). The topological polar surface area (TPSA) is 66.0 Å². The highest BCUT2D eigenvalue weighted by atomic mass is 35.5. The van der Waals surface area contributed by atoms with Crippen molar-refractivity contribution >= 4 is 46.5 Å². The first kappa shape index (κ1) is 18.3. The van der Waals surface area contributed by atoms with Crippen LogP contribution in [-0.4, -0.2) is 5.91 Å². The van der Waals surface area contributed by atoms with Gasteiger partial charge in [-0.3, -0.25) is 4.79 Å². The molecule has 4 nitrogen and oxygen atoms in total. The normalized spacial score (nSPS) is 11.2. The average Bonchev–Trinajstić information content (AvgIpc) is 3.31. The molecule has 0 saturated carbocycles. The van der Waals surface area contributed by atoms with E-state index in [1.807, 2.05) is 23.6 Å². The smallest absolute Gasteiger partial charge is 0.262 e. The van der Waals surface area contributed by atoms with Crippen molar-refractivity contribution in [1.82, 2.24) is 5.32 Å². The summed E-state index contributed by atoms with van der Waals surface area (Å²) in [5.41, 5.74) is 0.596. The second kappa shape index (κ2) is 8.24. The molecule has 1 aromatic carbocycles. The molecule has 0 aliphatic heterocycles. The van der Waals surface area contributed by atoms with Crippen molar-refractivity contribution in [2.75, 3.05) is 0 Å². The number of hydrogen-bond acceptors (Lipinski definition) is 4. The number of nitrogens with zero attached hydrogens (tertiary/aromatic N) is 1. The van der Waals surface area contributed by atoms with Gasteiger partial charge in [0.2, 0.25) is 0 Å². The lowest BCUT2D eigenvalue weighted by molar-refractivity contribution is -0.117. The number of rotatable bonds is 5. The van der Waals surface area contributed by atoms with E-state index in [1.54, 1.807) is 30.3 Å². The molecule has 0 unspecified atom stereocenters. The number of nitrogens with one attached hydrogen (secondary N) is 1. The third kappa shape index (κ3) is 4.17. The van der Waals surface area contributed by atoms with Gasteiger partial charge in [0.25, 0.3) is 5.91 Å². The van der Waals surface area contributed by atoms with E-state index in [0.717, 1.165) is 4.88 Å². The first-order chi connectivity index (χ1) is 12.6. The number of benzene rings is 1. The summed E-state index contributed by atoms with van der Waals surface area (Å²) in [6.07, 6.45) is 1.39. The molecule has 26 heavy (non-hydrogen) atoms. The molecule has 2 heterocycles. The lowest BCUT2D eigenvalue weighted by Crippen LogP contribution is -2.23. The summed E-state index contributed by atoms with van der Waals surface area (Å²) in [6, 6.07) is 14.3. The van der Waals surface area contributed by atoms with Gasteiger partial charge in [-0.05, 0) is 35.7 Å². The zero-order chi connectivity index (χ0) is 18.5. The van der Waals surface area contributed by atoms with Gasteiger partial charge in [0.05, 0.1) is 16.6 Å². The summed E-state index contributed by atoms with van der Waals surface area (Å²) in [7, 11) is 0. The predicted molar refractivity (Wildman–Crippen MR) is 104 cm³/mol. The zero-order valence-corrected chi connectivity index (χ0v) is 15.7. The number of halogens is 2. The Labute approximate surface area is 164 Å². The maximum atomic E-state index is 12.2. The van der Waals surface area contributed by atoms with E-state index < -0.39 is 5.91 Å². The van der Waals surface area contributed by atoms with Gasteiger partial charge in [-0.15, -0.1) is 11.3 Å². The Morgan fingerprint density at radius 2 is 2.08 bits per heavy atom. The highest BCUT2D eigenvalue weighted by molar-refractivity contribution is 7.09. The molecule has 0 aliphatic rings. The molecule has 0 radical (unpaired) electrons. The summed E-state index contributed by atoms with van der Waals surface area (Å²) in [5.74, 6) is 0.415. The molecule has 0 aliphatic carbocycles. The minimum absolute atomic E-state index is 0.0420. The van der Waals surface area contributed by atoms with E-state index in [4.69, 9.17) is 27.6 Å². The molecule has 0 fully saturated rings. The zero-order valence-electron chi connectivity index (χ0n) is 13.3. The highest BCUT2D eigenvalue weighted by Crippen LogP contribution is 2.34. The first-order valence-corrected chi connectivity index (χ1v) is 9.18. The summed E-state index contributed by atoms with van der Waals surface area (Å²) in [5, 5.41) is 14.7. The van der Waals surface area contributed by atoms with Gasteiger partial charge in [0.1, 0.15) is 23.2 Å². The molecule has 7 heteroatoms. The third-order valence-corrected chi connectivity index (χ3v) is 5.19. The van der Waals surface area contributed by atoms with Gasteiger partial charge in [-0.25, -0.2) is 0 Å². The molecule has 1 amide bonds. The van der Waals surface area contributed by atoms with Crippen LogP contribution in [0.5, 0.6) is 0 Å². The first-order valence-electron chi connectivity index (χ1n) is 7.55. The quantitative estimate of drug-likeness (QED) is 0.449. The van der Waals surface area contributed by atoms with Crippen LogP contribution < -0.4 is 5.32 Å². The Morgan fingerprint density at radius 1 is 1.23 bits per heavy atom. The van der Waals surface area contributed by atoms with Crippen LogP contribution in [0.2, 0.25) is 10.0 Å². The van der Waals surface area contributed by atoms with E-state index in [2.05, 4.69) is 5.32 Å². The number of amides is 1. The van der Waals surface area contributed by atoms with Crippen molar-refractivity contribution in [1.29, 1.82) is 5.26 Å². The summed E-state index contributed by atoms with van der Waals surface area (Å²) < 4.78 is 5.69. The SMILES string of the molecule is N#C/C(=C\c1ccc(-c2cccc(Cl)c2Cl)o1)C(=O)NCc1cccs1. The average molecular weight is 403 g/mol. The number of hydrogen-bond donors (Lipinski definition) is 1. The van der Waals surface area contributed by atoms with E-state index >= 15 is 0 Å². The maximum absolute atomic E-state index is 12.2. The molecule has 3 aromatic rings. The number of nitriles is 1. The molecular formula is C19H12Cl2N2O2S. The van der Waals surface area contributed by atoms with Crippen molar-refractivity contribution in [3.63, 3.8) is 0 Å². The number of carbonyl (C=O) groups is 1. The highest BCUT2D eigenvalue weighted by Gasteiger charge is 2.13. The maximum Gasteiger partial charge on any atom is 0.262 e. The molecule has 0 atom stereocenters. The number of carbonyl (C=O) groups excluding carboxylic acids is 1. The largest absolute Gasteiger partial charge is 0.457 e. The summed E-state index contributed by atoms with van der Waals surface area (Å²) in [4.78, 5) is 13.2. The van der Waals surface area contributed by atoms with Crippen LogP contribution in [0.3, 0.4) is 0 Å². The van der Waals surface area contributed by atoms with Gasteiger partial charge in [0, 0.05) is 16.5 Å². The second-order valence-electron chi connectivity index (χ2n) is 5.24. The van der Waals surface area contributed by atoms with Gasteiger partial charge in [0.15, 0.2) is 0 Å². The number of furan rings is 1. The Kier molecular flexibility index (Phi) is 5.79. The van der Waals surface area contributed by atoms with Crippen molar-refractivity contribution in [2.24, 2.45) is 0 Å². The Morgan fingerprint density at radius 3 is 2.81 bits per heavy atom. The molecular weight excluding hydrogens is 391 g/mol. The molecule has 2 aromatic heterocycles. The van der Waals surface area contributed by atoms with Crippen molar-refractivity contribution < 1.29 is 9.21 Å². The predicted octanol–water partition coefficient (Wildman–Crippen LogP) is 5.54. The van der Waals surface area contributed by atoms with E-state index in [1.165, 1.54) is 17.4 Å². The van der Waals surface area contributed by atoms with Gasteiger partial charge < -0.3 is 9.73 Å². The molecule has 0 saturated heterocycles. The van der Waals surface area contributed by atoms with Crippen LogP contribution in [-0.2, 0) is 11.3 Å². The fourth-order valence-electron chi connectivity index (χ4n) is 2.24. The lowest BCUT2D eigenvalue weighted by atomic mass is 10.2. The summed E-state index contributed by atoms with van der Waals surface area (Å²) in [6.45, 7) is 0.372. The molecule has 1 N–H and O–H groups in total. The van der Waals surface area contributed by atoms with E-state index in [-0.39, 0.29) is 5.57 Å². The van der Waals surface area contributed by atoms with Crippen molar-refractivity contribution in [2.45, 2.75) is 6.54 Å². The van der Waals surface area contributed by atoms with E-state index in [9.17, 15) is 10.1 Å². The van der Waals surface area contributed by atoms with Crippen LogP contribution in [0.15, 0.2) is 57.8 Å². The monoisotopic (exact) mass is 402 g/mol. The fourth-order valence-corrected chi connectivity index (χ4v) is 3.27. The standard InChI is InChI=1S/C19H12Cl2N2O2S/c20-16-5-1-4-15(18(16)21)17-7-6-13(25-17)9-12(10-22)19(24)23-11-14-3-2-8-26-14/h1-9H,11H2,(H,23,24)/b12-9+. The lowest BCUT2D eigenvalue weighted by Gasteiger charge is -2.02. The molecule has 0 bridgehead atoms. The van der Waals surface area contributed by atoms with Crippen LogP contribution in [0.25, 0.3) is 17.4 Å². The minimum Gasteiger partial charge on any atom is -0.457 e. The molecule has 130 valence electrons. The molecule has 0 spiro atoms.